The van der Waals surface area contributed by atoms with E-state index in [1.165, 1.54) is 0 Å². The number of sulfonamides is 1. The molecule has 0 bridgehead atoms. The molecule has 440 valence electrons. The molecule has 2 aliphatic rings. The van der Waals surface area contributed by atoms with Gasteiger partial charge < -0.3 is 37.2 Å². The number of rotatable bonds is 22. The number of aliphatic hydroxyl groups excluding tert-OH is 2. The van der Waals surface area contributed by atoms with E-state index in [-0.39, 0.29) is 53.9 Å². The molecular weight excluding hydrogens is 1080 g/mol. The van der Waals surface area contributed by atoms with E-state index >= 15 is 0 Å². The summed E-state index contributed by atoms with van der Waals surface area (Å²) in [5.74, 6) is -8.36. The van der Waals surface area contributed by atoms with Crippen LogP contribution in [0.25, 0.3) is 0 Å². The third kappa shape index (κ3) is 17.6. The van der Waals surface area contributed by atoms with Crippen LogP contribution in [0.3, 0.4) is 0 Å². The van der Waals surface area contributed by atoms with Crippen LogP contribution < -0.4 is 31.7 Å². The van der Waals surface area contributed by atoms with E-state index in [4.69, 9.17) is 5.73 Å². The summed E-state index contributed by atoms with van der Waals surface area (Å²) >= 11 is 0. The van der Waals surface area contributed by atoms with Crippen LogP contribution in [0.2, 0.25) is 0 Å². The Morgan fingerprint density at radius 2 is 1.06 bits per heavy atom. The number of carbonyl (C=O) groups excluding carboxylic acids is 3. The van der Waals surface area contributed by atoms with Gasteiger partial charge in [0.25, 0.3) is 0 Å². The highest BCUT2D eigenvalue weighted by molar-refractivity contribution is 8.05. The maximum Gasteiger partial charge on any atom is 0.336 e. The summed E-state index contributed by atoms with van der Waals surface area (Å²) in [5, 5.41) is 35.9. The fourth-order valence-corrected chi connectivity index (χ4v) is 12.6. The van der Waals surface area contributed by atoms with E-state index in [1.54, 1.807) is 0 Å². The molecule has 0 spiro atoms. The summed E-state index contributed by atoms with van der Waals surface area (Å²) < 4.78 is 110. The maximum atomic E-state index is 14.8. The second-order valence-electron chi connectivity index (χ2n) is 24.4. The monoisotopic (exact) mass is 1160 g/mol. The lowest BCUT2D eigenvalue weighted by molar-refractivity contribution is -0.132. The smallest absolute Gasteiger partial charge is 0.336 e. The average Bonchev–Trinajstić information content (AvgIpc) is 3.37. The van der Waals surface area contributed by atoms with Crippen LogP contribution in [0.5, 0.6) is 0 Å². The van der Waals surface area contributed by atoms with Crippen molar-refractivity contribution in [2.45, 2.75) is 164 Å². The van der Waals surface area contributed by atoms with E-state index in [9.17, 15) is 59.0 Å². The molecule has 0 heterocycles. The Balaban J connectivity index is 1.30. The third-order valence-electron chi connectivity index (χ3n) is 15.9. The molecule has 0 aromatic heterocycles. The first-order chi connectivity index (χ1) is 37.1. The van der Waals surface area contributed by atoms with E-state index in [0.717, 1.165) is 59.0 Å². The second kappa shape index (κ2) is 25.9. The van der Waals surface area contributed by atoms with Crippen molar-refractivity contribution in [3.8, 4) is 0 Å². The molecule has 0 radical (unpaired) electrons. The van der Waals surface area contributed by atoms with Crippen molar-refractivity contribution < 1.29 is 59.0 Å². The largest absolute Gasteiger partial charge is 0.391 e. The molecular formula is C59H80F4N6O9S2. The van der Waals surface area contributed by atoms with Crippen LogP contribution in [0.4, 0.5) is 22.4 Å². The molecule has 2 fully saturated rings. The normalized spacial score (nSPS) is 22.1. The number of hydrogen-bond acceptors (Lipinski definition) is 11. The van der Waals surface area contributed by atoms with Gasteiger partial charge in [-0.3, -0.25) is 14.4 Å². The Morgan fingerprint density at radius 3 is 1.48 bits per heavy atom. The van der Waals surface area contributed by atoms with Gasteiger partial charge in [-0.15, -0.1) is 0 Å². The van der Waals surface area contributed by atoms with Gasteiger partial charge in [-0.05, 0) is 133 Å². The van der Waals surface area contributed by atoms with Crippen molar-refractivity contribution in [1.82, 2.24) is 26.0 Å². The standard InChI is InChI=1S/C59H80F4N6O9S2/c1-56(2,3)38-11-9-13-40(29-38)58(19-15-46(16-20-58)67-55(74)79(7,75)76)65-34-51(70)48(27-36-23-42(60)31-43(61)24-36)49(54(64)73)33-53(72)68-50(28-37-25-44(62)32-45(63)26-37)52(71)35-66-59(21-17-47(18-22-59)69-80(8,77)78)41-14-10-12-39(30-41)57(4,5)6/h9-14,23-26,29-32,46-52,65-66,69-71H,15-22,27-28,33-35H2,1-8H3,(H2,64,73)(H,67,74)(H,68,72). The quantitative estimate of drug-likeness (QED) is 0.0369. The Morgan fingerprint density at radius 1 is 0.637 bits per heavy atom. The first-order valence-electron chi connectivity index (χ1n) is 27.2. The summed E-state index contributed by atoms with van der Waals surface area (Å²) in [6, 6.07) is 19.2. The molecule has 21 heteroatoms. The molecule has 2 saturated carbocycles. The minimum absolute atomic E-state index is 0.0449. The Labute approximate surface area is 469 Å². The highest BCUT2D eigenvalue weighted by atomic mass is 32.2. The minimum Gasteiger partial charge on any atom is -0.391 e. The van der Waals surface area contributed by atoms with Crippen LogP contribution in [0.15, 0.2) is 84.9 Å². The molecule has 80 heavy (non-hydrogen) atoms. The van der Waals surface area contributed by atoms with Crippen molar-refractivity contribution in [2.24, 2.45) is 17.6 Å². The van der Waals surface area contributed by atoms with E-state index in [1.807, 2.05) is 42.5 Å². The van der Waals surface area contributed by atoms with E-state index in [2.05, 4.69) is 73.6 Å². The molecule has 0 aliphatic heterocycles. The lowest BCUT2D eigenvalue weighted by atomic mass is 9.73. The molecule has 0 saturated heterocycles. The third-order valence-corrected chi connectivity index (χ3v) is 17.5. The van der Waals surface area contributed by atoms with Gasteiger partial charge >= 0.3 is 5.24 Å². The van der Waals surface area contributed by atoms with Crippen LogP contribution in [0, 0.1) is 35.1 Å². The summed E-state index contributed by atoms with van der Waals surface area (Å²) in [5.41, 5.74) is 7.77. The first-order valence-corrected chi connectivity index (χ1v) is 31.0. The number of carbonyl (C=O) groups is 3. The van der Waals surface area contributed by atoms with Gasteiger partial charge in [-0.25, -0.2) is 39.1 Å². The molecule has 4 aromatic rings. The second-order valence-corrected chi connectivity index (χ2v) is 28.1. The lowest BCUT2D eigenvalue weighted by Crippen LogP contribution is -2.55. The number of aliphatic hydroxyl groups is 2. The Kier molecular flexibility index (Phi) is 20.7. The molecule has 5 atom stereocenters. The van der Waals surface area contributed by atoms with Gasteiger partial charge in [0.15, 0.2) is 0 Å². The van der Waals surface area contributed by atoms with Crippen LogP contribution in [-0.2, 0) is 64.2 Å². The summed E-state index contributed by atoms with van der Waals surface area (Å²) in [6.45, 7) is 11.9. The molecule has 3 amide bonds. The fraction of sp³-hybridized carbons (Fsp3) is 0.542. The first kappa shape index (κ1) is 63.9. The number of primary amides is 1. The van der Waals surface area contributed by atoms with E-state index in [0.29, 0.717) is 63.5 Å². The van der Waals surface area contributed by atoms with Crippen LogP contribution in [0.1, 0.15) is 133 Å². The van der Waals surface area contributed by atoms with Gasteiger partial charge in [-0.1, -0.05) is 90.1 Å². The summed E-state index contributed by atoms with van der Waals surface area (Å²) in [7, 11) is -7.54. The van der Waals surface area contributed by atoms with Gasteiger partial charge in [0.05, 0.1) is 30.4 Å². The molecule has 5 unspecified atom stereocenters. The number of nitrogens with two attached hydrogens (primary N) is 1. The maximum absolute atomic E-state index is 14.8. The van der Waals surface area contributed by atoms with Gasteiger partial charge in [-0.2, -0.15) is 0 Å². The fourth-order valence-electron chi connectivity index (χ4n) is 11.4. The van der Waals surface area contributed by atoms with Crippen molar-refractivity contribution in [3.63, 3.8) is 0 Å². The Hall–Kier alpha value is -5.29. The van der Waals surface area contributed by atoms with Crippen molar-refractivity contribution in [2.75, 3.05) is 25.6 Å². The zero-order chi connectivity index (χ0) is 59.2. The van der Waals surface area contributed by atoms with Crippen molar-refractivity contribution in [3.05, 3.63) is 142 Å². The number of nitrogens with one attached hydrogen (secondary N) is 5. The number of amides is 3. The predicted molar refractivity (Wildman–Crippen MR) is 300 cm³/mol. The lowest BCUT2D eigenvalue weighted by Gasteiger charge is -2.43. The number of hydrogen-bond donors (Lipinski definition) is 8. The van der Waals surface area contributed by atoms with E-state index < -0.39 is 114 Å². The Bertz CT molecular complexity index is 3020. The minimum atomic E-state index is -4.02. The SMILES string of the molecule is CC(C)(C)c1cccc(C2(NCC(O)C(Cc3cc(F)cc(F)c3)NC(=O)CC(C(N)=O)C(Cc3cc(F)cc(F)c3)C(O)CNC3(c4cccc(C(C)(C)C)c4)CCC(NC(=O)S(C)(=O)=O)CC3)CCC(NS(C)(=O)=O)CC2)c1. The van der Waals surface area contributed by atoms with Crippen LogP contribution in [-0.4, -0.2) is 100 Å². The van der Waals surface area contributed by atoms with Gasteiger partial charge in [0.1, 0.15) is 23.3 Å². The topological polar surface area (TPSA) is 246 Å². The van der Waals surface area contributed by atoms with Crippen molar-refractivity contribution >= 4 is 36.9 Å². The van der Waals surface area contributed by atoms with Crippen LogP contribution >= 0.6 is 0 Å². The predicted octanol–water partition coefficient (Wildman–Crippen LogP) is 7.10. The average molecular weight is 1160 g/mol. The zero-order valence-electron chi connectivity index (χ0n) is 47.0. The number of sulfone groups is 1. The summed E-state index contributed by atoms with van der Waals surface area (Å²) in [6.07, 6.45) is 0.704. The molecule has 4 aromatic carbocycles. The highest BCUT2D eigenvalue weighted by Gasteiger charge is 2.43. The molecule has 15 nitrogen and oxygen atoms in total. The number of benzene rings is 4. The summed E-state index contributed by atoms with van der Waals surface area (Å²) in [4.78, 5) is 40.8. The van der Waals surface area contributed by atoms with Gasteiger partial charge in [0.2, 0.25) is 31.7 Å². The number of halogens is 4. The zero-order valence-corrected chi connectivity index (χ0v) is 48.6. The molecule has 6 rings (SSSR count). The van der Waals surface area contributed by atoms with Crippen molar-refractivity contribution in [1.29, 1.82) is 0 Å². The van der Waals surface area contributed by atoms with Gasteiger partial charge in [0, 0.05) is 67.0 Å². The highest BCUT2D eigenvalue weighted by Crippen LogP contribution is 2.41. The molecule has 2 aliphatic carbocycles. The molecule has 9 N–H and O–H groups in total.